The van der Waals surface area contributed by atoms with E-state index in [1.54, 1.807) is 0 Å². The maximum absolute atomic E-state index is 2.51. The summed E-state index contributed by atoms with van der Waals surface area (Å²) in [6.45, 7) is 4.72. The fourth-order valence-electron chi connectivity index (χ4n) is 9.18. The number of fused-ring (bicyclic) bond motifs is 3. The highest BCUT2D eigenvalue weighted by molar-refractivity contribution is 6.04. The van der Waals surface area contributed by atoms with Crippen molar-refractivity contribution in [3.8, 4) is 66.8 Å². The Balaban J connectivity index is 1.30. The molecule has 58 heavy (non-hydrogen) atoms. The van der Waals surface area contributed by atoms with Crippen LogP contribution < -0.4 is 4.90 Å². The summed E-state index contributed by atoms with van der Waals surface area (Å²) in [6.07, 6.45) is 0. The number of rotatable bonds is 8. The van der Waals surface area contributed by atoms with Gasteiger partial charge in [-0.1, -0.05) is 214 Å². The molecule has 0 atom stereocenters. The molecule has 1 heteroatoms. The molecule has 0 unspecified atom stereocenters. The van der Waals surface area contributed by atoms with E-state index in [0.717, 1.165) is 17.1 Å². The Labute approximate surface area is 342 Å². The molecule has 1 nitrogen and oxygen atoms in total. The van der Waals surface area contributed by atoms with E-state index in [1.807, 2.05) is 0 Å². The van der Waals surface area contributed by atoms with Crippen molar-refractivity contribution in [2.24, 2.45) is 0 Å². The fourth-order valence-corrected chi connectivity index (χ4v) is 9.18. The minimum Gasteiger partial charge on any atom is -0.309 e. The highest BCUT2D eigenvalue weighted by Crippen LogP contribution is 2.55. The Kier molecular flexibility index (Phi) is 8.92. The third kappa shape index (κ3) is 6.04. The summed E-state index contributed by atoms with van der Waals surface area (Å²) >= 11 is 0. The highest BCUT2D eigenvalue weighted by Gasteiger charge is 2.37. The van der Waals surface area contributed by atoms with Crippen molar-refractivity contribution in [3.05, 3.63) is 236 Å². The number of benzene rings is 9. The maximum atomic E-state index is 2.51. The molecule has 276 valence electrons. The third-order valence-electron chi connectivity index (χ3n) is 11.9. The van der Waals surface area contributed by atoms with E-state index in [0.29, 0.717) is 0 Å². The molecule has 0 bridgehead atoms. The van der Waals surface area contributed by atoms with Crippen molar-refractivity contribution in [2.75, 3.05) is 4.90 Å². The molecule has 0 N–H and O–H groups in total. The molecule has 0 aliphatic heterocycles. The zero-order valence-corrected chi connectivity index (χ0v) is 32.8. The molecule has 10 rings (SSSR count). The van der Waals surface area contributed by atoms with Crippen LogP contribution in [0.25, 0.3) is 66.8 Å². The van der Waals surface area contributed by atoms with Crippen molar-refractivity contribution >= 4 is 17.1 Å². The van der Waals surface area contributed by atoms with E-state index in [4.69, 9.17) is 0 Å². The first kappa shape index (κ1) is 35.2. The van der Waals surface area contributed by atoms with Crippen LogP contribution in [0.1, 0.15) is 25.0 Å². The second-order valence-electron chi connectivity index (χ2n) is 15.6. The van der Waals surface area contributed by atoms with Crippen LogP contribution in [0.2, 0.25) is 0 Å². The molecule has 0 fully saturated rings. The summed E-state index contributed by atoms with van der Waals surface area (Å²) in [4.78, 5) is 2.51. The van der Waals surface area contributed by atoms with E-state index >= 15 is 0 Å². The lowest BCUT2D eigenvalue weighted by Gasteiger charge is -2.32. The van der Waals surface area contributed by atoms with E-state index in [9.17, 15) is 0 Å². The molecule has 1 aliphatic rings. The molecular weight excluding hydrogens is 699 g/mol. The largest absolute Gasteiger partial charge is 0.309 e. The quantitative estimate of drug-likeness (QED) is 0.150. The van der Waals surface area contributed by atoms with Crippen LogP contribution in [0.3, 0.4) is 0 Å². The SMILES string of the molecule is CC1(C)c2ccccc2-c2c(-c3ccccc3N(c3cccc(-c4ccccc4)c3)c3cccc(-c4ccccc4)c3-c3ccccc3-c3ccccc3)cccc21. The molecular formula is C57H43N. The molecule has 9 aromatic carbocycles. The molecule has 0 radical (unpaired) electrons. The fraction of sp³-hybridized carbons (Fsp3) is 0.0526. The van der Waals surface area contributed by atoms with Gasteiger partial charge < -0.3 is 4.90 Å². The van der Waals surface area contributed by atoms with Gasteiger partial charge in [0.15, 0.2) is 0 Å². The predicted molar refractivity (Wildman–Crippen MR) is 246 cm³/mol. The lowest BCUT2D eigenvalue weighted by Crippen LogP contribution is -2.15. The molecule has 0 saturated heterocycles. The summed E-state index contributed by atoms with van der Waals surface area (Å²) in [6, 6.07) is 81.9. The van der Waals surface area contributed by atoms with Gasteiger partial charge in [0, 0.05) is 22.2 Å². The zero-order valence-electron chi connectivity index (χ0n) is 32.8. The molecule has 0 amide bonds. The van der Waals surface area contributed by atoms with Gasteiger partial charge in [-0.25, -0.2) is 0 Å². The van der Waals surface area contributed by atoms with Gasteiger partial charge in [0.1, 0.15) is 0 Å². The number of nitrogens with zero attached hydrogens (tertiary/aromatic N) is 1. The van der Waals surface area contributed by atoms with Crippen LogP contribution in [0, 0.1) is 0 Å². The summed E-state index contributed by atoms with van der Waals surface area (Å²) in [5.41, 5.74) is 20.4. The highest BCUT2D eigenvalue weighted by atomic mass is 15.1. The Morgan fingerprint density at radius 3 is 1.48 bits per heavy atom. The lowest BCUT2D eigenvalue weighted by molar-refractivity contribution is 0.660. The first-order valence-electron chi connectivity index (χ1n) is 20.2. The van der Waals surface area contributed by atoms with Gasteiger partial charge in [-0.3, -0.25) is 0 Å². The number of hydrogen-bond acceptors (Lipinski definition) is 1. The van der Waals surface area contributed by atoms with Gasteiger partial charge in [-0.2, -0.15) is 0 Å². The molecule has 0 heterocycles. The van der Waals surface area contributed by atoms with Crippen molar-refractivity contribution < 1.29 is 0 Å². The number of para-hydroxylation sites is 1. The normalized spacial score (nSPS) is 12.4. The van der Waals surface area contributed by atoms with Crippen molar-refractivity contribution in [2.45, 2.75) is 19.3 Å². The van der Waals surface area contributed by atoms with Crippen molar-refractivity contribution in [1.29, 1.82) is 0 Å². The van der Waals surface area contributed by atoms with Gasteiger partial charge in [0.2, 0.25) is 0 Å². The summed E-state index contributed by atoms with van der Waals surface area (Å²) in [5, 5.41) is 0. The van der Waals surface area contributed by atoms with E-state index in [1.165, 1.54) is 77.9 Å². The van der Waals surface area contributed by atoms with Gasteiger partial charge in [-0.05, 0) is 91.0 Å². The number of hydrogen-bond donors (Lipinski definition) is 0. The maximum Gasteiger partial charge on any atom is 0.0546 e. The molecule has 0 spiro atoms. The number of anilines is 3. The molecule has 9 aromatic rings. The zero-order chi connectivity index (χ0) is 39.1. The first-order valence-corrected chi connectivity index (χ1v) is 20.2. The van der Waals surface area contributed by atoms with E-state index in [-0.39, 0.29) is 5.41 Å². The van der Waals surface area contributed by atoms with Crippen molar-refractivity contribution in [3.63, 3.8) is 0 Å². The van der Waals surface area contributed by atoms with Gasteiger partial charge in [0.25, 0.3) is 0 Å². The average Bonchev–Trinajstić information content (AvgIpc) is 3.53. The van der Waals surface area contributed by atoms with Gasteiger partial charge in [0.05, 0.1) is 11.4 Å². The topological polar surface area (TPSA) is 3.24 Å². The summed E-state index contributed by atoms with van der Waals surface area (Å²) in [7, 11) is 0. The van der Waals surface area contributed by atoms with Crippen LogP contribution in [0.4, 0.5) is 17.1 Å². The van der Waals surface area contributed by atoms with Gasteiger partial charge in [-0.15, -0.1) is 0 Å². The Morgan fingerprint density at radius 2 is 0.759 bits per heavy atom. The van der Waals surface area contributed by atoms with Crippen LogP contribution >= 0.6 is 0 Å². The van der Waals surface area contributed by atoms with Crippen LogP contribution in [-0.4, -0.2) is 0 Å². The molecule has 1 aliphatic carbocycles. The van der Waals surface area contributed by atoms with E-state index < -0.39 is 0 Å². The van der Waals surface area contributed by atoms with Crippen LogP contribution in [0.5, 0.6) is 0 Å². The molecule has 0 saturated carbocycles. The minimum atomic E-state index is -0.112. The van der Waals surface area contributed by atoms with Crippen molar-refractivity contribution in [1.82, 2.24) is 0 Å². The lowest BCUT2D eigenvalue weighted by atomic mass is 9.82. The Morgan fingerprint density at radius 1 is 0.293 bits per heavy atom. The minimum absolute atomic E-state index is 0.112. The second-order valence-corrected chi connectivity index (χ2v) is 15.6. The smallest absolute Gasteiger partial charge is 0.0546 e. The Bertz CT molecular complexity index is 2910. The standard InChI is InChI=1S/C57H43N/c1-57(2)51-35-16-14-32-50(51)55-49(34-19-36-52(55)57)47-30-15-17-37-53(47)58(44-28-18-27-43(39-44)40-21-6-3-7-22-40)54-38-20-33-46(42-25-10-5-11-26-42)56(54)48-31-13-12-29-45(48)41-23-8-4-9-24-41/h3-39H,1-2H3. The monoisotopic (exact) mass is 741 g/mol. The average molecular weight is 742 g/mol. The first-order chi connectivity index (χ1) is 28.6. The summed E-state index contributed by atoms with van der Waals surface area (Å²) in [5.74, 6) is 0. The Hall–Kier alpha value is -7.22. The van der Waals surface area contributed by atoms with E-state index in [2.05, 4.69) is 243 Å². The van der Waals surface area contributed by atoms with Gasteiger partial charge >= 0.3 is 0 Å². The second kappa shape index (κ2) is 14.7. The van der Waals surface area contributed by atoms with Crippen LogP contribution in [0.15, 0.2) is 224 Å². The van der Waals surface area contributed by atoms with Crippen LogP contribution in [-0.2, 0) is 5.41 Å². The third-order valence-corrected chi connectivity index (χ3v) is 11.9. The summed E-state index contributed by atoms with van der Waals surface area (Å²) < 4.78 is 0. The molecule has 0 aromatic heterocycles. The predicted octanol–water partition coefficient (Wildman–Crippen LogP) is 15.8.